The maximum Gasteiger partial charge on any atom is 0.300 e. The summed E-state index contributed by atoms with van der Waals surface area (Å²) in [6.45, 7) is 4.49. The molecule has 0 bridgehead atoms. The average Bonchev–Trinajstić information content (AvgIpc) is 3.41. The van der Waals surface area contributed by atoms with Gasteiger partial charge in [-0.2, -0.15) is 0 Å². The molecule has 2 fully saturated rings. The van der Waals surface area contributed by atoms with Crippen LogP contribution in [-0.4, -0.2) is 24.7 Å². The first kappa shape index (κ1) is 21.4. The first-order chi connectivity index (χ1) is 14.0. The van der Waals surface area contributed by atoms with Gasteiger partial charge in [-0.1, -0.05) is 43.2 Å². The van der Waals surface area contributed by atoms with Crippen LogP contribution in [0.25, 0.3) is 0 Å². The zero-order valence-corrected chi connectivity index (χ0v) is 17.8. The molecule has 1 heterocycles. The molecular formula is C25H33NO3. The summed E-state index contributed by atoms with van der Waals surface area (Å²) in [6, 6.07) is 15.9. The predicted octanol–water partition coefficient (Wildman–Crippen LogP) is 5.26. The van der Waals surface area contributed by atoms with Gasteiger partial charge in [0.1, 0.15) is 5.75 Å². The summed E-state index contributed by atoms with van der Waals surface area (Å²) in [5.74, 6) is 1.72. The van der Waals surface area contributed by atoms with Gasteiger partial charge in [-0.3, -0.25) is 4.79 Å². The average molecular weight is 396 g/mol. The van der Waals surface area contributed by atoms with Gasteiger partial charge in [0.05, 0.1) is 7.11 Å². The van der Waals surface area contributed by atoms with E-state index in [-0.39, 0.29) is 0 Å². The number of carbonyl (C=O) groups is 1. The Hall–Kier alpha value is -2.33. The highest BCUT2D eigenvalue weighted by Gasteiger charge is 2.28. The van der Waals surface area contributed by atoms with Crippen molar-refractivity contribution in [3.63, 3.8) is 0 Å². The van der Waals surface area contributed by atoms with E-state index in [4.69, 9.17) is 14.6 Å². The number of hydrogen-bond acceptors (Lipinski definition) is 3. The summed E-state index contributed by atoms with van der Waals surface area (Å²) in [5.41, 5.74) is 6.02. The van der Waals surface area contributed by atoms with E-state index in [1.54, 1.807) is 18.2 Å². The molecule has 0 aromatic heterocycles. The van der Waals surface area contributed by atoms with Crippen LogP contribution in [0.1, 0.15) is 66.8 Å². The number of methoxy groups -OCH3 is 1. The molecule has 2 aromatic rings. The topological polar surface area (TPSA) is 58.6 Å². The molecule has 29 heavy (non-hydrogen) atoms. The third kappa shape index (κ3) is 6.07. The van der Waals surface area contributed by atoms with Crippen molar-refractivity contribution in [1.82, 2.24) is 5.32 Å². The summed E-state index contributed by atoms with van der Waals surface area (Å²) in [6.07, 6.45) is 6.72. The molecule has 1 aliphatic carbocycles. The minimum Gasteiger partial charge on any atom is -0.497 e. The fraction of sp³-hybridized carbons (Fsp3) is 0.480. The molecule has 1 aliphatic heterocycles. The summed E-state index contributed by atoms with van der Waals surface area (Å²) in [7, 11) is 1.72. The van der Waals surface area contributed by atoms with Crippen molar-refractivity contribution in [2.24, 2.45) is 5.92 Å². The van der Waals surface area contributed by atoms with Gasteiger partial charge in [0.25, 0.3) is 5.97 Å². The molecule has 4 rings (SSSR count). The van der Waals surface area contributed by atoms with Crippen LogP contribution < -0.4 is 10.1 Å². The van der Waals surface area contributed by atoms with E-state index in [1.807, 2.05) is 0 Å². The van der Waals surface area contributed by atoms with Gasteiger partial charge in [-0.05, 0) is 72.4 Å². The second-order valence-electron chi connectivity index (χ2n) is 8.30. The molecule has 1 saturated heterocycles. The first-order valence-corrected chi connectivity index (χ1v) is 10.6. The third-order valence-corrected chi connectivity index (χ3v) is 6.10. The van der Waals surface area contributed by atoms with Crippen LogP contribution in [-0.2, 0) is 11.2 Å². The second-order valence-corrected chi connectivity index (χ2v) is 8.30. The summed E-state index contributed by atoms with van der Waals surface area (Å²) >= 11 is 0. The number of carboxylic acids is 1. The first-order valence-electron chi connectivity index (χ1n) is 10.6. The van der Waals surface area contributed by atoms with Crippen LogP contribution >= 0.6 is 0 Å². The number of ether oxygens (including phenoxy) is 1. The molecule has 2 atom stereocenters. The van der Waals surface area contributed by atoms with Gasteiger partial charge in [0.2, 0.25) is 0 Å². The van der Waals surface area contributed by atoms with Gasteiger partial charge < -0.3 is 15.2 Å². The molecule has 0 amide bonds. The maximum atomic E-state index is 9.00. The van der Waals surface area contributed by atoms with Crippen molar-refractivity contribution in [3.8, 4) is 5.75 Å². The molecule has 0 spiro atoms. The molecule has 2 aliphatic rings. The Morgan fingerprint density at radius 3 is 2.48 bits per heavy atom. The monoisotopic (exact) mass is 395 g/mol. The molecule has 0 radical (unpaired) electrons. The van der Waals surface area contributed by atoms with E-state index in [0.29, 0.717) is 12.0 Å². The number of aryl methyl sites for hydroxylation is 1. The minimum atomic E-state index is -0.833. The van der Waals surface area contributed by atoms with Gasteiger partial charge in [-0.25, -0.2) is 0 Å². The van der Waals surface area contributed by atoms with Crippen molar-refractivity contribution in [1.29, 1.82) is 0 Å². The van der Waals surface area contributed by atoms with E-state index in [2.05, 4.69) is 54.7 Å². The lowest BCUT2D eigenvalue weighted by atomic mass is 9.88. The molecule has 2 aromatic carbocycles. The fourth-order valence-corrected chi connectivity index (χ4v) is 4.25. The smallest absolute Gasteiger partial charge is 0.300 e. The maximum absolute atomic E-state index is 9.00. The molecule has 2 N–H and O–H groups in total. The fourth-order valence-electron chi connectivity index (χ4n) is 4.25. The molecule has 1 saturated carbocycles. The van der Waals surface area contributed by atoms with Crippen LogP contribution in [0.15, 0.2) is 42.5 Å². The molecule has 156 valence electrons. The van der Waals surface area contributed by atoms with Gasteiger partial charge in [-0.15, -0.1) is 0 Å². The highest BCUT2D eigenvalue weighted by atomic mass is 16.5. The lowest BCUT2D eigenvalue weighted by molar-refractivity contribution is -0.134. The number of benzene rings is 2. The lowest BCUT2D eigenvalue weighted by Crippen LogP contribution is -2.13. The van der Waals surface area contributed by atoms with Gasteiger partial charge in [0.15, 0.2) is 0 Å². The summed E-state index contributed by atoms with van der Waals surface area (Å²) in [4.78, 5) is 9.00. The van der Waals surface area contributed by atoms with Gasteiger partial charge >= 0.3 is 0 Å². The van der Waals surface area contributed by atoms with Crippen molar-refractivity contribution in [2.75, 3.05) is 13.7 Å². The van der Waals surface area contributed by atoms with Crippen LogP contribution in [0.3, 0.4) is 0 Å². The molecule has 2 unspecified atom stereocenters. The molecule has 4 heteroatoms. The normalized spacial score (nSPS) is 20.7. The Kier molecular flexibility index (Phi) is 7.32. The zero-order chi connectivity index (χ0) is 20.8. The number of aliphatic carboxylic acids is 1. The summed E-state index contributed by atoms with van der Waals surface area (Å²) < 4.78 is 5.27. The Morgan fingerprint density at radius 2 is 1.86 bits per heavy atom. The Labute approximate surface area is 174 Å². The molecule has 4 nitrogen and oxygen atoms in total. The third-order valence-electron chi connectivity index (χ3n) is 6.10. The zero-order valence-electron chi connectivity index (χ0n) is 17.8. The van der Waals surface area contributed by atoms with Crippen LogP contribution in [0.2, 0.25) is 0 Å². The molecular weight excluding hydrogens is 362 g/mol. The van der Waals surface area contributed by atoms with Crippen LogP contribution in [0.4, 0.5) is 0 Å². The Bertz CT molecular complexity index is 807. The van der Waals surface area contributed by atoms with E-state index in [9.17, 15) is 0 Å². The van der Waals surface area contributed by atoms with E-state index >= 15 is 0 Å². The Balaban J connectivity index is 0.000000552. The van der Waals surface area contributed by atoms with E-state index < -0.39 is 5.97 Å². The lowest BCUT2D eigenvalue weighted by Gasteiger charge is -2.17. The second kappa shape index (κ2) is 9.93. The SMILES string of the molecule is CC(=O)O.COc1ccc(C2CC(c3cccc(CCC4CC4)c3C)CN2)cc1. The number of carboxylic acid groups (broad SMARTS) is 1. The van der Waals surface area contributed by atoms with Crippen molar-refractivity contribution in [3.05, 3.63) is 64.7 Å². The van der Waals surface area contributed by atoms with Crippen molar-refractivity contribution in [2.45, 2.75) is 57.9 Å². The van der Waals surface area contributed by atoms with Crippen LogP contribution in [0.5, 0.6) is 5.75 Å². The number of rotatable bonds is 6. The van der Waals surface area contributed by atoms with E-state index in [1.165, 1.54) is 43.2 Å². The van der Waals surface area contributed by atoms with E-state index in [0.717, 1.165) is 25.1 Å². The summed E-state index contributed by atoms with van der Waals surface area (Å²) in [5, 5.41) is 11.1. The predicted molar refractivity (Wildman–Crippen MR) is 117 cm³/mol. The highest BCUT2D eigenvalue weighted by molar-refractivity contribution is 5.62. The Morgan fingerprint density at radius 1 is 1.17 bits per heavy atom. The quantitative estimate of drug-likeness (QED) is 0.701. The number of nitrogens with one attached hydrogen (secondary N) is 1. The highest BCUT2D eigenvalue weighted by Crippen LogP contribution is 2.37. The largest absolute Gasteiger partial charge is 0.497 e. The standard InChI is InChI=1S/C23H29NO.C2H4O2/c1-16-18(9-8-17-6-7-17)4-3-5-22(16)20-14-23(24-15-20)19-10-12-21(25-2)13-11-19;1-2(3)4/h3-5,10-13,17,20,23-24H,6-9,14-15H2,1-2H3;1H3,(H,3,4). The minimum absolute atomic E-state index is 0.449. The number of hydrogen-bond donors (Lipinski definition) is 2. The van der Waals surface area contributed by atoms with Gasteiger partial charge in [0, 0.05) is 19.5 Å². The van der Waals surface area contributed by atoms with Crippen LogP contribution in [0, 0.1) is 12.8 Å². The van der Waals surface area contributed by atoms with Crippen molar-refractivity contribution < 1.29 is 14.6 Å². The van der Waals surface area contributed by atoms with Crippen molar-refractivity contribution >= 4 is 5.97 Å².